The van der Waals surface area contributed by atoms with Gasteiger partial charge < -0.3 is 14.7 Å². The molecular formula is C15H23NO3. The fourth-order valence-electron chi connectivity index (χ4n) is 1.57. The third-order valence-electron chi connectivity index (χ3n) is 3.24. The van der Waals surface area contributed by atoms with Crippen molar-refractivity contribution in [2.75, 3.05) is 20.3 Å². The van der Waals surface area contributed by atoms with E-state index in [4.69, 9.17) is 4.74 Å². The minimum atomic E-state index is -0.541. The van der Waals surface area contributed by atoms with Crippen LogP contribution >= 0.6 is 0 Å². The van der Waals surface area contributed by atoms with Gasteiger partial charge in [0.1, 0.15) is 5.75 Å². The zero-order chi connectivity index (χ0) is 14.5. The van der Waals surface area contributed by atoms with Crippen LogP contribution in [0, 0.1) is 6.92 Å². The quantitative estimate of drug-likeness (QED) is 0.856. The van der Waals surface area contributed by atoms with Crippen molar-refractivity contribution >= 4 is 5.91 Å². The number of aliphatic hydroxyl groups is 1. The number of aryl methyl sites for hydroxylation is 1. The summed E-state index contributed by atoms with van der Waals surface area (Å²) in [6.45, 7) is 5.93. The normalized spacial score (nSPS) is 11.2. The molecule has 0 bridgehead atoms. The maximum Gasteiger partial charge on any atom is 0.226 e. The Morgan fingerprint density at radius 1 is 1.42 bits per heavy atom. The first-order valence-electron chi connectivity index (χ1n) is 6.44. The van der Waals surface area contributed by atoms with Crippen LogP contribution < -0.4 is 4.74 Å². The molecule has 0 unspecified atom stereocenters. The molecule has 0 aromatic heterocycles. The lowest BCUT2D eigenvalue weighted by atomic mass is 10.0. The summed E-state index contributed by atoms with van der Waals surface area (Å²) < 4.78 is 5.54. The second kappa shape index (κ2) is 6.57. The lowest BCUT2D eigenvalue weighted by Gasteiger charge is -2.34. The molecule has 0 aliphatic carbocycles. The molecule has 4 heteroatoms. The van der Waals surface area contributed by atoms with E-state index in [0.29, 0.717) is 13.0 Å². The van der Waals surface area contributed by atoms with Crippen molar-refractivity contribution in [1.82, 2.24) is 4.90 Å². The number of hydrogen-bond donors (Lipinski definition) is 1. The Kier molecular flexibility index (Phi) is 5.36. The summed E-state index contributed by atoms with van der Waals surface area (Å²) in [5, 5.41) is 9.22. The summed E-state index contributed by atoms with van der Waals surface area (Å²) in [6, 6.07) is 7.73. The van der Waals surface area contributed by atoms with Gasteiger partial charge in [-0.3, -0.25) is 4.79 Å². The highest BCUT2D eigenvalue weighted by molar-refractivity contribution is 5.76. The van der Waals surface area contributed by atoms with E-state index in [9.17, 15) is 9.90 Å². The number of amides is 1. The number of rotatable bonds is 6. The molecule has 1 amide bonds. The molecule has 0 fully saturated rings. The lowest BCUT2D eigenvalue weighted by Crippen LogP contribution is -2.47. The molecule has 1 aromatic carbocycles. The van der Waals surface area contributed by atoms with E-state index in [2.05, 4.69) is 0 Å². The summed E-state index contributed by atoms with van der Waals surface area (Å²) >= 11 is 0. The Morgan fingerprint density at radius 2 is 2.11 bits per heavy atom. The molecule has 1 N–H and O–H groups in total. The lowest BCUT2D eigenvalue weighted by molar-refractivity contribution is -0.136. The number of benzene rings is 1. The van der Waals surface area contributed by atoms with Crippen LogP contribution in [0.2, 0.25) is 0 Å². The molecule has 1 aromatic rings. The molecule has 0 heterocycles. The largest absolute Gasteiger partial charge is 0.493 e. The van der Waals surface area contributed by atoms with Crippen molar-refractivity contribution in [3.05, 3.63) is 29.8 Å². The highest BCUT2D eigenvalue weighted by atomic mass is 16.5. The smallest absolute Gasteiger partial charge is 0.226 e. The van der Waals surface area contributed by atoms with Crippen LogP contribution in [0.15, 0.2) is 24.3 Å². The topological polar surface area (TPSA) is 49.8 Å². The van der Waals surface area contributed by atoms with Crippen LogP contribution in [0.3, 0.4) is 0 Å². The molecular weight excluding hydrogens is 242 g/mol. The van der Waals surface area contributed by atoms with Gasteiger partial charge in [0.25, 0.3) is 0 Å². The predicted octanol–water partition coefficient (Wildman–Crippen LogP) is 1.99. The number of aliphatic hydroxyl groups excluding tert-OH is 1. The zero-order valence-electron chi connectivity index (χ0n) is 12.1. The zero-order valence-corrected chi connectivity index (χ0v) is 12.1. The Bertz CT molecular complexity index is 429. The van der Waals surface area contributed by atoms with Gasteiger partial charge in [0.05, 0.1) is 25.2 Å². The molecule has 0 spiro atoms. The standard InChI is InChI=1S/C15H23NO3/c1-12-6-5-7-13(10-12)19-9-8-14(18)16(4)15(2,3)11-17/h5-7,10,17H,8-9,11H2,1-4H3. The van der Waals surface area contributed by atoms with E-state index in [0.717, 1.165) is 11.3 Å². The Labute approximate surface area is 115 Å². The van der Waals surface area contributed by atoms with Crippen molar-refractivity contribution in [2.45, 2.75) is 32.7 Å². The summed E-state index contributed by atoms with van der Waals surface area (Å²) in [5.41, 5.74) is 0.586. The molecule has 0 saturated heterocycles. The molecule has 1 rings (SSSR count). The maximum atomic E-state index is 11.9. The van der Waals surface area contributed by atoms with Crippen LogP contribution in [0.4, 0.5) is 0 Å². The van der Waals surface area contributed by atoms with Crippen molar-refractivity contribution in [3.63, 3.8) is 0 Å². The highest BCUT2D eigenvalue weighted by Crippen LogP contribution is 2.14. The molecule has 0 atom stereocenters. The van der Waals surface area contributed by atoms with Gasteiger partial charge in [-0.25, -0.2) is 0 Å². The molecule has 0 aliphatic rings. The van der Waals surface area contributed by atoms with Crippen molar-refractivity contribution < 1.29 is 14.6 Å². The molecule has 19 heavy (non-hydrogen) atoms. The fourth-order valence-corrected chi connectivity index (χ4v) is 1.57. The van der Waals surface area contributed by atoms with Crippen molar-refractivity contribution in [2.24, 2.45) is 0 Å². The summed E-state index contributed by atoms with van der Waals surface area (Å²) in [4.78, 5) is 13.5. The van der Waals surface area contributed by atoms with E-state index < -0.39 is 5.54 Å². The molecule has 106 valence electrons. The second-order valence-electron chi connectivity index (χ2n) is 5.34. The fraction of sp³-hybridized carbons (Fsp3) is 0.533. The van der Waals surface area contributed by atoms with E-state index in [1.54, 1.807) is 11.9 Å². The minimum Gasteiger partial charge on any atom is -0.493 e. The second-order valence-corrected chi connectivity index (χ2v) is 5.34. The third kappa shape index (κ3) is 4.56. The van der Waals surface area contributed by atoms with Gasteiger partial charge in [-0.2, -0.15) is 0 Å². The van der Waals surface area contributed by atoms with Gasteiger partial charge in [-0.1, -0.05) is 12.1 Å². The van der Waals surface area contributed by atoms with Gasteiger partial charge >= 0.3 is 0 Å². The van der Waals surface area contributed by atoms with Crippen LogP contribution in [0.1, 0.15) is 25.8 Å². The third-order valence-corrected chi connectivity index (χ3v) is 3.24. The first-order chi connectivity index (χ1) is 8.86. The summed E-state index contributed by atoms with van der Waals surface area (Å²) in [6.07, 6.45) is 0.299. The van der Waals surface area contributed by atoms with Gasteiger partial charge in [0.15, 0.2) is 0 Å². The van der Waals surface area contributed by atoms with Crippen LogP contribution in [0.25, 0.3) is 0 Å². The number of ether oxygens (including phenoxy) is 1. The first-order valence-corrected chi connectivity index (χ1v) is 6.44. The van der Waals surface area contributed by atoms with Gasteiger partial charge in [-0.15, -0.1) is 0 Å². The van der Waals surface area contributed by atoms with E-state index in [1.165, 1.54) is 0 Å². The maximum absolute atomic E-state index is 11.9. The van der Waals surface area contributed by atoms with Gasteiger partial charge in [0.2, 0.25) is 5.91 Å². The highest BCUT2D eigenvalue weighted by Gasteiger charge is 2.26. The summed E-state index contributed by atoms with van der Waals surface area (Å²) in [7, 11) is 1.70. The van der Waals surface area contributed by atoms with Crippen LogP contribution in [0.5, 0.6) is 5.75 Å². The average molecular weight is 265 g/mol. The van der Waals surface area contributed by atoms with E-state index >= 15 is 0 Å². The van der Waals surface area contributed by atoms with E-state index in [1.807, 2.05) is 45.0 Å². The average Bonchev–Trinajstić information content (AvgIpc) is 2.37. The SMILES string of the molecule is Cc1cccc(OCCC(=O)N(C)C(C)(C)CO)c1. The Hall–Kier alpha value is -1.55. The Balaban J connectivity index is 2.43. The molecule has 0 saturated carbocycles. The van der Waals surface area contributed by atoms with Gasteiger partial charge in [0, 0.05) is 7.05 Å². The van der Waals surface area contributed by atoms with Crippen molar-refractivity contribution in [3.8, 4) is 5.75 Å². The van der Waals surface area contributed by atoms with Crippen LogP contribution in [-0.4, -0.2) is 41.7 Å². The van der Waals surface area contributed by atoms with Gasteiger partial charge in [-0.05, 0) is 38.5 Å². The number of hydrogen-bond acceptors (Lipinski definition) is 3. The predicted molar refractivity (Wildman–Crippen MR) is 75.2 cm³/mol. The molecule has 0 aliphatic heterocycles. The number of likely N-dealkylation sites (N-methyl/N-ethyl adjacent to an activating group) is 1. The minimum absolute atomic E-state index is 0.0355. The number of carbonyl (C=O) groups is 1. The first kappa shape index (κ1) is 15.5. The Morgan fingerprint density at radius 3 is 2.68 bits per heavy atom. The molecule has 4 nitrogen and oxygen atoms in total. The van der Waals surface area contributed by atoms with E-state index in [-0.39, 0.29) is 12.5 Å². The van der Waals surface area contributed by atoms with Crippen LogP contribution in [-0.2, 0) is 4.79 Å². The summed E-state index contributed by atoms with van der Waals surface area (Å²) in [5.74, 6) is 0.739. The van der Waals surface area contributed by atoms with Crippen molar-refractivity contribution in [1.29, 1.82) is 0 Å². The number of carbonyl (C=O) groups excluding carboxylic acids is 1. The number of nitrogens with zero attached hydrogens (tertiary/aromatic N) is 1. The molecule has 0 radical (unpaired) electrons. The monoisotopic (exact) mass is 265 g/mol.